The Bertz CT molecular complexity index is 1410. The lowest BCUT2D eigenvalue weighted by molar-refractivity contribution is 0.0724. The number of rotatable bonds is 4. The Kier molecular flexibility index (Phi) is 5.60. The number of piperidine rings is 1. The zero-order chi connectivity index (χ0) is 22.3. The summed E-state index contributed by atoms with van der Waals surface area (Å²) in [6.45, 7) is 1.50. The minimum absolute atomic E-state index is 0.0686. The maximum atomic E-state index is 13.3. The Hall–Kier alpha value is -2.56. The number of amides is 1. The first-order valence-electron chi connectivity index (χ1n) is 10.2. The van der Waals surface area contributed by atoms with Gasteiger partial charge in [0.25, 0.3) is 15.9 Å². The molecule has 10 heteroatoms. The van der Waals surface area contributed by atoms with E-state index in [1.807, 2.05) is 11.0 Å². The summed E-state index contributed by atoms with van der Waals surface area (Å²) in [6.07, 6.45) is 6.26. The van der Waals surface area contributed by atoms with E-state index in [1.54, 1.807) is 41.9 Å². The molecule has 0 saturated carbocycles. The second-order valence-corrected chi connectivity index (χ2v) is 11.2. The van der Waals surface area contributed by atoms with Gasteiger partial charge in [-0.25, -0.2) is 22.4 Å². The first kappa shape index (κ1) is 21.3. The number of nitrogens with zero attached hydrogens (tertiary/aromatic N) is 4. The molecule has 1 aromatic carbocycles. The van der Waals surface area contributed by atoms with Crippen molar-refractivity contribution in [3.05, 3.63) is 63.7 Å². The Morgan fingerprint density at radius 1 is 1.09 bits per heavy atom. The molecule has 0 bridgehead atoms. The molecule has 1 fully saturated rings. The summed E-state index contributed by atoms with van der Waals surface area (Å²) in [5.41, 5.74) is 1.48. The molecule has 0 atom stereocenters. The SMILES string of the molecule is O=C(c1nc(-c2cn(S(=O)(=O)c3ccccc3)c3ncc(Br)cc23)cs1)N1CCCCC1. The monoisotopic (exact) mass is 530 g/mol. The van der Waals surface area contributed by atoms with Crippen LogP contribution in [0.4, 0.5) is 0 Å². The molecule has 0 radical (unpaired) electrons. The van der Waals surface area contributed by atoms with E-state index in [0.717, 1.165) is 36.8 Å². The Morgan fingerprint density at radius 3 is 2.59 bits per heavy atom. The third-order valence-electron chi connectivity index (χ3n) is 5.48. The van der Waals surface area contributed by atoms with Crippen LogP contribution in [0.5, 0.6) is 0 Å². The lowest BCUT2D eigenvalue weighted by Crippen LogP contribution is -2.35. The van der Waals surface area contributed by atoms with Crippen LogP contribution in [0.15, 0.2) is 63.5 Å². The number of likely N-dealkylation sites (tertiary alicyclic amines) is 1. The molecule has 1 aliphatic heterocycles. The molecular formula is C22H19BrN4O3S2. The largest absolute Gasteiger partial charge is 0.337 e. The highest BCUT2D eigenvalue weighted by Crippen LogP contribution is 2.34. The molecule has 32 heavy (non-hydrogen) atoms. The summed E-state index contributed by atoms with van der Waals surface area (Å²) in [7, 11) is -3.85. The third kappa shape index (κ3) is 3.76. The average Bonchev–Trinajstić information content (AvgIpc) is 3.45. The minimum Gasteiger partial charge on any atom is -0.337 e. The molecule has 5 rings (SSSR count). The Balaban J connectivity index is 1.61. The van der Waals surface area contributed by atoms with E-state index >= 15 is 0 Å². The van der Waals surface area contributed by atoms with Crippen molar-refractivity contribution in [3.8, 4) is 11.3 Å². The van der Waals surface area contributed by atoms with Crippen LogP contribution in [0.25, 0.3) is 22.3 Å². The number of benzene rings is 1. The third-order valence-corrected chi connectivity index (χ3v) is 8.41. The van der Waals surface area contributed by atoms with E-state index in [-0.39, 0.29) is 10.8 Å². The van der Waals surface area contributed by atoms with Gasteiger partial charge in [0, 0.05) is 46.3 Å². The number of fused-ring (bicyclic) bond motifs is 1. The lowest BCUT2D eigenvalue weighted by Gasteiger charge is -2.25. The fraction of sp³-hybridized carbons (Fsp3) is 0.227. The summed E-state index contributed by atoms with van der Waals surface area (Å²) in [5.74, 6) is -0.0686. The molecule has 1 amide bonds. The van der Waals surface area contributed by atoms with Gasteiger partial charge in [0.05, 0.1) is 10.6 Å². The molecule has 7 nitrogen and oxygen atoms in total. The van der Waals surface area contributed by atoms with Crippen LogP contribution in [0, 0.1) is 0 Å². The van der Waals surface area contributed by atoms with E-state index in [0.29, 0.717) is 27.3 Å². The van der Waals surface area contributed by atoms with Gasteiger partial charge in [-0.05, 0) is 53.4 Å². The maximum Gasteiger partial charge on any atom is 0.282 e. The maximum absolute atomic E-state index is 13.3. The summed E-state index contributed by atoms with van der Waals surface area (Å²) in [4.78, 5) is 23.8. The Morgan fingerprint density at radius 2 is 1.84 bits per heavy atom. The van der Waals surface area contributed by atoms with Crippen molar-refractivity contribution in [2.75, 3.05) is 13.1 Å². The predicted octanol–water partition coefficient (Wildman–Crippen LogP) is 4.79. The van der Waals surface area contributed by atoms with Crippen molar-refractivity contribution in [1.82, 2.24) is 18.8 Å². The van der Waals surface area contributed by atoms with Gasteiger partial charge in [0.15, 0.2) is 10.7 Å². The lowest BCUT2D eigenvalue weighted by atomic mass is 10.1. The molecule has 0 N–H and O–H groups in total. The number of carbonyl (C=O) groups is 1. The van der Waals surface area contributed by atoms with Gasteiger partial charge in [0.2, 0.25) is 0 Å². The van der Waals surface area contributed by atoms with Gasteiger partial charge in [-0.2, -0.15) is 0 Å². The first-order valence-corrected chi connectivity index (χ1v) is 13.3. The van der Waals surface area contributed by atoms with E-state index in [2.05, 4.69) is 25.9 Å². The van der Waals surface area contributed by atoms with Crippen molar-refractivity contribution in [2.45, 2.75) is 24.2 Å². The summed E-state index contributed by atoms with van der Waals surface area (Å²) >= 11 is 4.70. The molecule has 3 aromatic heterocycles. The van der Waals surface area contributed by atoms with Crippen LogP contribution < -0.4 is 0 Å². The second kappa shape index (κ2) is 8.42. The normalized spacial score (nSPS) is 14.7. The summed E-state index contributed by atoms with van der Waals surface area (Å²) in [5, 5.41) is 2.85. The molecule has 4 aromatic rings. The van der Waals surface area contributed by atoms with Crippen molar-refractivity contribution >= 4 is 54.2 Å². The van der Waals surface area contributed by atoms with Crippen LogP contribution in [0.3, 0.4) is 0 Å². The second-order valence-electron chi connectivity index (χ2n) is 7.57. The van der Waals surface area contributed by atoms with Gasteiger partial charge >= 0.3 is 0 Å². The van der Waals surface area contributed by atoms with Gasteiger partial charge in [0.1, 0.15) is 0 Å². The molecule has 1 saturated heterocycles. The summed E-state index contributed by atoms with van der Waals surface area (Å²) < 4.78 is 28.6. The number of pyridine rings is 1. The fourth-order valence-corrected chi connectivity index (χ4v) is 6.34. The topological polar surface area (TPSA) is 85.2 Å². The van der Waals surface area contributed by atoms with Gasteiger partial charge in [-0.15, -0.1) is 11.3 Å². The molecule has 4 heterocycles. The number of hydrogen-bond acceptors (Lipinski definition) is 6. The van der Waals surface area contributed by atoms with Crippen molar-refractivity contribution in [2.24, 2.45) is 0 Å². The van der Waals surface area contributed by atoms with Crippen LogP contribution in [-0.4, -0.2) is 46.3 Å². The number of thiazole rings is 1. The fourth-order valence-electron chi connectivity index (χ4n) is 3.88. The summed E-state index contributed by atoms with van der Waals surface area (Å²) in [6, 6.07) is 10.1. The number of carbonyl (C=O) groups excluding carboxylic acids is 1. The number of hydrogen-bond donors (Lipinski definition) is 0. The number of halogens is 1. The minimum atomic E-state index is -3.85. The molecule has 164 valence electrons. The van der Waals surface area contributed by atoms with Gasteiger partial charge in [-0.1, -0.05) is 18.2 Å². The highest BCUT2D eigenvalue weighted by molar-refractivity contribution is 9.10. The van der Waals surface area contributed by atoms with Crippen LogP contribution in [0.2, 0.25) is 0 Å². The molecule has 0 unspecified atom stereocenters. The predicted molar refractivity (Wildman–Crippen MR) is 127 cm³/mol. The molecule has 0 aliphatic carbocycles. The van der Waals surface area contributed by atoms with E-state index in [4.69, 9.17) is 0 Å². The Labute approximate surface area is 197 Å². The number of aromatic nitrogens is 3. The highest BCUT2D eigenvalue weighted by atomic mass is 79.9. The van der Waals surface area contributed by atoms with Crippen LogP contribution in [-0.2, 0) is 10.0 Å². The average molecular weight is 531 g/mol. The zero-order valence-corrected chi connectivity index (χ0v) is 20.2. The van der Waals surface area contributed by atoms with Crippen molar-refractivity contribution in [3.63, 3.8) is 0 Å². The van der Waals surface area contributed by atoms with Gasteiger partial charge < -0.3 is 4.90 Å². The molecular weight excluding hydrogens is 512 g/mol. The quantitative estimate of drug-likeness (QED) is 0.378. The van der Waals surface area contributed by atoms with E-state index in [9.17, 15) is 13.2 Å². The standard InChI is InChI=1S/C22H19BrN4O3S2/c23-15-11-17-18(19-14-31-21(25-19)22(28)26-9-5-2-6-10-26)13-27(20(17)24-12-15)32(29,30)16-7-3-1-4-8-16/h1,3-4,7-8,11-14H,2,5-6,9-10H2. The van der Waals surface area contributed by atoms with E-state index < -0.39 is 10.0 Å². The first-order chi connectivity index (χ1) is 15.4. The van der Waals surface area contributed by atoms with Crippen molar-refractivity contribution < 1.29 is 13.2 Å². The van der Waals surface area contributed by atoms with Gasteiger partial charge in [-0.3, -0.25) is 4.79 Å². The van der Waals surface area contributed by atoms with Crippen LogP contribution in [0.1, 0.15) is 29.1 Å². The van der Waals surface area contributed by atoms with Crippen molar-refractivity contribution in [1.29, 1.82) is 0 Å². The van der Waals surface area contributed by atoms with E-state index in [1.165, 1.54) is 21.5 Å². The zero-order valence-electron chi connectivity index (χ0n) is 16.9. The molecule has 1 aliphatic rings. The molecule has 0 spiro atoms. The highest BCUT2D eigenvalue weighted by Gasteiger charge is 2.25. The smallest absolute Gasteiger partial charge is 0.282 e. The van der Waals surface area contributed by atoms with Crippen LogP contribution >= 0.6 is 27.3 Å².